The molecule has 0 aliphatic heterocycles. The maximum Gasteiger partial charge on any atom is 0.262 e. The van der Waals surface area contributed by atoms with Crippen LogP contribution in [-0.4, -0.2) is 36.4 Å². The Kier molecular flexibility index (Phi) is 6.97. The summed E-state index contributed by atoms with van der Waals surface area (Å²) >= 11 is 5.85. The van der Waals surface area contributed by atoms with Gasteiger partial charge in [0.2, 0.25) is 0 Å². The quantitative estimate of drug-likeness (QED) is 0.792. The van der Waals surface area contributed by atoms with E-state index >= 15 is 0 Å². The summed E-state index contributed by atoms with van der Waals surface area (Å²) in [6.45, 7) is 4.74. The van der Waals surface area contributed by atoms with E-state index < -0.39 is 11.7 Å². The van der Waals surface area contributed by atoms with Gasteiger partial charge < -0.3 is 15.0 Å². The Morgan fingerprint density at radius 3 is 2.54 bits per heavy atom. The van der Waals surface area contributed by atoms with Gasteiger partial charge in [0.05, 0.1) is 5.02 Å². The zero-order valence-corrected chi connectivity index (χ0v) is 15.3. The zero-order valence-electron chi connectivity index (χ0n) is 14.6. The van der Waals surface area contributed by atoms with Crippen molar-refractivity contribution in [1.29, 1.82) is 0 Å². The second-order valence-electron chi connectivity index (χ2n) is 5.47. The number of ether oxygens (including phenoxy) is 1. The first-order valence-corrected chi connectivity index (χ1v) is 8.59. The van der Waals surface area contributed by atoms with Gasteiger partial charge in [-0.15, -0.1) is 0 Å². The Balaban J connectivity index is 1.98. The molecule has 0 fully saturated rings. The van der Waals surface area contributed by atoms with Crippen LogP contribution in [0.5, 0.6) is 5.75 Å². The molecule has 2 rings (SSSR count). The molecular weight excluding hydrogens is 359 g/mol. The number of rotatable bonds is 7. The Labute approximate surface area is 156 Å². The first-order valence-electron chi connectivity index (χ1n) is 8.21. The van der Waals surface area contributed by atoms with E-state index in [2.05, 4.69) is 5.32 Å². The number of anilines is 1. The lowest BCUT2D eigenvalue weighted by molar-refractivity contribution is -0.118. The van der Waals surface area contributed by atoms with Gasteiger partial charge in [0.25, 0.3) is 11.8 Å². The minimum Gasteiger partial charge on any atom is -0.482 e. The molecule has 2 aromatic carbocycles. The first kappa shape index (κ1) is 19.7. The van der Waals surface area contributed by atoms with Gasteiger partial charge >= 0.3 is 0 Å². The highest BCUT2D eigenvalue weighted by Gasteiger charge is 2.13. The van der Waals surface area contributed by atoms with E-state index in [4.69, 9.17) is 16.3 Å². The average molecular weight is 379 g/mol. The van der Waals surface area contributed by atoms with Crippen LogP contribution in [0.25, 0.3) is 0 Å². The topological polar surface area (TPSA) is 58.6 Å². The lowest BCUT2D eigenvalue weighted by Crippen LogP contribution is -2.30. The Morgan fingerprint density at radius 1 is 1.15 bits per heavy atom. The molecule has 0 bridgehead atoms. The standard InChI is InChI=1S/C19H20ClFN2O3/c1-3-23(4-2)19(25)13-6-5-7-15(10-13)22-18(24)12-26-17-9-8-14(21)11-16(17)20/h5-11H,3-4,12H2,1-2H3,(H,22,24). The molecule has 26 heavy (non-hydrogen) atoms. The minimum absolute atomic E-state index is 0.0876. The first-order chi connectivity index (χ1) is 12.4. The third kappa shape index (κ3) is 5.20. The average Bonchev–Trinajstić information content (AvgIpc) is 2.62. The number of amides is 2. The summed E-state index contributed by atoms with van der Waals surface area (Å²) in [5, 5.41) is 2.75. The molecule has 1 N–H and O–H groups in total. The van der Waals surface area contributed by atoms with Crippen molar-refractivity contribution in [2.45, 2.75) is 13.8 Å². The molecule has 0 unspecified atom stereocenters. The third-order valence-electron chi connectivity index (χ3n) is 3.70. The van der Waals surface area contributed by atoms with E-state index in [0.717, 1.165) is 6.07 Å². The van der Waals surface area contributed by atoms with Gasteiger partial charge in [0.1, 0.15) is 11.6 Å². The lowest BCUT2D eigenvalue weighted by atomic mass is 10.1. The van der Waals surface area contributed by atoms with Crippen LogP contribution in [0.2, 0.25) is 5.02 Å². The summed E-state index contributed by atoms with van der Waals surface area (Å²) < 4.78 is 18.3. The van der Waals surface area contributed by atoms with Gasteiger partial charge in [-0.1, -0.05) is 17.7 Å². The number of halogens is 2. The monoisotopic (exact) mass is 378 g/mol. The molecule has 0 aliphatic rings. The number of carbonyl (C=O) groups is 2. The SMILES string of the molecule is CCN(CC)C(=O)c1cccc(NC(=O)COc2ccc(F)cc2Cl)c1. The highest BCUT2D eigenvalue weighted by Crippen LogP contribution is 2.24. The number of hydrogen-bond acceptors (Lipinski definition) is 3. The molecular formula is C19H20ClFN2O3. The smallest absolute Gasteiger partial charge is 0.262 e. The van der Waals surface area contributed by atoms with Crippen LogP contribution in [-0.2, 0) is 4.79 Å². The van der Waals surface area contributed by atoms with E-state index in [9.17, 15) is 14.0 Å². The third-order valence-corrected chi connectivity index (χ3v) is 3.99. The molecule has 0 saturated carbocycles. The lowest BCUT2D eigenvalue weighted by Gasteiger charge is -2.19. The van der Waals surface area contributed by atoms with Crippen LogP contribution in [0.1, 0.15) is 24.2 Å². The molecule has 0 atom stereocenters. The van der Waals surface area contributed by atoms with Crippen molar-refractivity contribution in [2.75, 3.05) is 25.0 Å². The number of nitrogens with zero attached hydrogens (tertiary/aromatic N) is 1. The minimum atomic E-state index is -0.485. The molecule has 0 saturated heterocycles. The van der Waals surface area contributed by atoms with E-state index in [-0.39, 0.29) is 23.3 Å². The van der Waals surface area contributed by atoms with Crippen LogP contribution in [0, 0.1) is 5.82 Å². The summed E-state index contributed by atoms with van der Waals surface area (Å²) in [5.74, 6) is -0.784. The largest absolute Gasteiger partial charge is 0.482 e. The predicted octanol–water partition coefficient (Wildman–Crippen LogP) is 3.98. The fraction of sp³-hybridized carbons (Fsp3) is 0.263. The zero-order chi connectivity index (χ0) is 19.1. The van der Waals surface area contributed by atoms with E-state index in [0.29, 0.717) is 24.3 Å². The van der Waals surface area contributed by atoms with Crippen LogP contribution in [0.4, 0.5) is 10.1 Å². The highest BCUT2D eigenvalue weighted by atomic mass is 35.5. The van der Waals surface area contributed by atoms with Gasteiger partial charge in [0.15, 0.2) is 6.61 Å². The number of benzene rings is 2. The fourth-order valence-electron chi connectivity index (χ4n) is 2.36. The van der Waals surface area contributed by atoms with Crippen molar-refractivity contribution in [3.63, 3.8) is 0 Å². The Bertz CT molecular complexity index is 794. The maximum absolute atomic E-state index is 13.0. The molecule has 0 heterocycles. The van der Waals surface area contributed by atoms with Gasteiger partial charge in [-0.2, -0.15) is 0 Å². The van der Waals surface area contributed by atoms with Crippen molar-refractivity contribution < 1.29 is 18.7 Å². The molecule has 2 amide bonds. The summed E-state index contributed by atoms with van der Waals surface area (Å²) in [6.07, 6.45) is 0. The maximum atomic E-state index is 13.0. The molecule has 5 nitrogen and oxygen atoms in total. The normalized spacial score (nSPS) is 10.3. The molecule has 2 aromatic rings. The van der Waals surface area contributed by atoms with Crippen molar-refractivity contribution >= 4 is 29.1 Å². The van der Waals surface area contributed by atoms with Gasteiger partial charge in [0, 0.05) is 24.3 Å². The number of hydrogen-bond donors (Lipinski definition) is 1. The van der Waals surface area contributed by atoms with Crippen molar-refractivity contribution in [1.82, 2.24) is 4.90 Å². The van der Waals surface area contributed by atoms with Gasteiger partial charge in [-0.25, -0.2) is 4.39 Å². The van der Waals surface area contributed by atoms with Gasteiger partial charge in [-0.05, 0) is 50.2 Å². The summed E-state index contributed by atoms with van der Waals surface area (Å²) in [7, 11) is 0. The molecule has 0 radical (unpaired) electrons. The summed E-state index contributed by atoms with van der Waals surface area (Å²) in [6, 6.07) is 10.4. The summed E-state index contributed by atoms with van der Waals surface area (Å²) in [5.41, 5.74) is 0.982. The highest BCUT2D eigenvalue weighted by molar-refractivity contribution is 6.32. The molecule has 0 spiro atoms. The summed E-state index contributed by atoms with van der Waals surface area (Å²) in [4.78, 5) is 26.1. The van der Waals surface area contributed by atoms with Crippen molar-refractivity contribution in [2.24, 2.45) is 0 Å². The second-order valence-corrected chi connectivity index (χ2v) is 5.88. The van der Waals surface area contributed by atoms with Crippen LogP contribution < -0.4 is 10.1 Å². The molecule has 0 aliphatic carbocycles. The molecule has 0 aromatic heterocycles. The fourth-order valence-corrected chi connectivity index (χ4v) is 2.58. The van der Waals surface area contributed by atoms with Crippen LogP contribution in [0.15, 0.2) is 42.5 Å². The van der Waals surface area contributed by atoms with Crippen molar-refractivity contribution in [3.05, 3.63) is 58.9 Å². The van der Waals surface area contributed by atoms with E-state index in [1.54, 1.807) is 29.2 Å². The predicted molar refractivity (Wildman–Crippen MR) is 99.2 cm³/mol. The molecule has 138 valence electrons. The van der Waals surface area contributed by atoms with Crippen LogP contribution >= 0.6 is 11.6 Å². The molecule has 7 heteroatoms. The van der Waals surface area contributed by atoms with Gasteiger partial charge in [-0.3, -0.25) is 9.59 Å². The Hall–Kier alpha value is -2.60. The van der Waals surface area contributed by atoms with Crippen LogP contribution in [0.3, 0.4) is 0 Å². The van der Waals surface area contributed by atoms with Crippen molar-refractivity contribution in [3.8, 4) is 5.75 Å². The number of nitrogens with one attached hydrogen (secondary N) is 1. The second kappa shape index (κ2) is 9.20. The Morgan fingerprint density at radius 2 is 1.88 bits per heavy atom. The van der Waals surface area contributed by atoms with E-state index in [1.165, 1.54) is 12.1 Å². The number of carbonyl (C=O) groups excluding carboxylic acids is 2. The van der Waals surface area contributed by atoms with E-state index in [1.807, 2.05) is 13.8 Å².